The Morgan fingerprint density at radius 2 is 1.74 bits per heavy atom. The Kier molecular flexibility index (Phi) is 9.68. The van der Waals surface area contributed by atoms with Crippen LogP contribution in [0.3, 0.4) is 0 Å². The van der Waals surface area contributed by atoms with Crippen molar-refractivity contribution >= 4 is 30.4 Å². The first-order chi connectivity index (χ1) is 14.9. The van der Waals surface area contributed by atoms with Crippen LogP contribution in [0.4, 0.5) is 10.5 Å². The number of aliphatic hydroxyl groups excluding tert-OH is 1. The summed E-state index contributed by atoms with van der Waals surface area (Å²) in [6.45, 7) is 3.97. The van der Waals surface area contributed by atoms with Crippen LogP contribution in [0.25, 0.3) is 0 Å². The molecule has 0 bridgehead atoms. The summed E-state index contributed by atoms with van der Waals surface area (Å²) in [5.74, 6) is 0.0945. The zero-order valence-corrected chi connectivity index (χ0v) is 18.6. The van der Waals surface area contributed by atoms with Gasteiger partial charge in [-0.2, -0.15) is 12.6 Å². The highest BCUT2D eigenvalue weighted by Crippen LogP contribution is 2.43. The molecular formula is C23H29NO6S. The molecule has 8 heteroatoms. The minimum Gasteiger partial charge on any atom is -0.491 e. The smallest absolute Gasteiger partial charge is 0.412 e. The van der Waals surface area contributed by atoms with E-state index >= 15 is 0 Å². The van der Waals surface area contributed by atoms with E-state index in [1.54, 1.807) is 24.3 Å². The Morgan fingerprint density at radius 3 is 2.42 bits per heavy atom. The van der Waals surface area contributed by atoms with Crippen molar-refractivity contribution in [3.63, 3.8) is 0 Å². The lowest BCUT2D eigenvalue weighted by Crippen LogP contribution is -2.31. The predicted octanol–water partition coefficient (Wildman–Crippen LogP) is 4.24. The van der Waals surface area contributed by atoms with Crippen LogP contribution in [-0.2, 0) is 14.3 Å². The number of rotatable bonds is 11. The molecule has 2 N–H and O–H groups in total. The molecule has 7 nitrogen and oxygen atoms in total. The van der Waals surface area contributed by atoms with Gasteiger partial charge in [-0.05, 0) is 24.6 Å². The van der Waals surface area contributed by atoms with Gasteiger partial charge in [-0.3, -0.25) is 10.1 Å². The van der Waals surface area contributed by atoms with Crippen molar-refractivity contribution in [3.05, 3.63) is 60.2 Å². The number of amides is 1. The van der Waals surface area contributed by atoms with Crippen LogP contribution in [0.5, 0.6) is 5.75 Å². The average molecular weight is 448 g/mol. The van der Waals surface area contributed by atoms with Crippen molar-refractivity contribution in [3.8, 4) is 5.75 Å². The van der Waals surface area contributed by atoms with E-state index in [0.29, 0.717) is 23.4 Å². The van der Waals surface area contributed by atoms with E-state index in [2.05, 4.69) is 17.9 Å². The van der Waals surface area contributed by atoms with Gasteiger partial charge in [0.15, 0.2) is 0 Å². The Bertz CT molecular complexity index is 843. The molecule has 0 spiro atoms. The number of para-hydroxylation sites is 2. The average Bonchev–Trinajstić information content (AvgIpc) is 2.76. The fourth-order valence-electron chi connectivity index (χ4n) is 3.01. The molecule has 0 aromatic heterocycles. The number of anilines is 1. The molecule has 0 heterocycles. The molecular weight excluding hydrogens is 418 g/mol. The Morgan fingerprint density at radius 1 is 1.06 bits per heavy atom. The standard InChI is InChI=1S/C23H29NO6S/c1-23(2,12-14-29-20(26)16-31)21(18-10-6-7-11-19(18)28-15-13-25)30-22(27)24-17-8-4-3-5-9-17/h3-11,21,25,31H,12-16H2,1-2H3,(H,24,27)/t21-/m0/s1. The van der Waals surface area contributed by atoms with Crippen LogP contribution in [0.2, 0.25) is 0 Å². The zero-order chi connectivity index (χ0) is 22.7. The van der Waals surface area contributed by atoms with E-state index in [1.807, 2.05) is 44.2 Å². The molecule has 2 aromatic rings. The summed E-state index contributed by atoms with van der Waals surface area (Å²) in [5.41, 5.74) is 0.658. The van der Waals surface area contributed by atoms with E-state index in [1.165, 1.54) is 0 Å². The molecule has 1 atom stereocenters. The molecule has 0 aliphatic rings. The van der Waals surface area contributed by atoms with Crippen molar-refractivity contribution in [1.82, 2.24) is 0 Å². The van der Waals surface area contributed by atoms with Gasteiger partial charge in [-0.15, -0.1) is 0 Å². The molecule has 31 heavy (non-hydrogen) atoms. The number of nitrogens with one attached hydrogen (secondary N) is 1. The van der Waals surface area contributed by atoms with Gasteiger partial charge < -0.3 is 19.3 Å². The molecule has 0 radical (unpaired) electrons. The molecule has 168 valence electrons. The van der Waals surface area contributed by atoms with E-state index in [4.69, 9.17) is 19.3 Å². The largest absolute Gasteiger partial charge is 0.491 e. The highest BCUT2D eigenvalue weighted by molar-refractivity contribution is 7.81. The topological polar surface area (TPSA) is 94.1 Å². The lowest BCUT2D eigenvalue weighted by atomic mass is 9.79. The number of hydrogen-bond donors (Lipinski definition) is 3. The van der Waals surface area contributed by atoms with Gasteiger partial charge >= 0.3 is 12.1 Å². The van der Waals surface area contributed by atoms with Crippen LogP contribution in [-0.4, -0.2) is 42.7 Å². The summed E-state index contributed by atoms with van der Waals surface area (Å²) >= 11 is 3.91. The lowest BCUT2D eigenvalue weighted by molar-refractivity contribution is -0.141. The molecule has 1 amide bonds. The number of esters is 1. The zero-order valence-electron chi connectivity index (χ0n) is 17.7. The van der Waals surface area contributed by atoms with Gasteiger partial charge in [0.1, 0.15) is 18.5 Å². The van der Waals surface area contributed by atoms with Gasteiger partial charge in [-0.25, -0.2) is 4.79 Å². The maximum absolute atomic E-state index is 12.7. The van der Waals surface area contributed by atoms with Crippen LogP contribution in [0, 0.1) is 5.41 Å². The minimum absolute atomic E-state index is 0.00231. The predicted molar refractivity (Wildman–Crippen MR) is 122 cm³/mol. The monoisotopic (exact) mass is 447 g/mol. The van der Waals surface area contributed by atoms with Crippen molar-refractivity contribution in [1.29, 1.82) is 0 Å². The van der Waals surface area contributed by atoms with Gasteiger partial charge in [0.25, 0.3) is 0 Å². The maximum atomic E-state index is 12.7. The first kappa shape index (κ1) is 24.6. The highest BCUT2D eigenvalue weighted by Gasteiger charge is 2.36. The second-order valence-electron chi connectivity index (χ2n) is 7.50. The minimum atomic E-state index is -0.708. The summed E-state index contributed by atoms with van der Waals surface area (Å²) in [7, 11) is 0. The fourth-order valence-corrected chi connectivity index (χ4v) is 3.10. The fraction of sp³-hybridized carbons (Fsp3) is 0.391. The van der Waals surface area contributed by atoms with Gasteiger partial charge in [0.05, 0.1) is 19.0 Å². The Hall–Kier alpha value is -2.71. The molecule has 2 aromatic carbocycles. The highest BCUT2D eigenvalue weighted by atomic mass is 32.1. The number of hydrogen-bond acceptors (Lipinski definition) is 7. The Labute approximate surface area is 188 Å². The van der Waals surface area contributed by atoms with E-state index in [0.717, 1.165) is 0 Å². The molecule has 0 fully saturated rings. The van der Waals surface area contributed by atoms with E-state index < -0.39 is 23.6 Å². The normalized spacial score (nSPS) is 12.0. The molecule has 0 unspecified atom stereocenters. The molecule has 0 aliphatic heterocycles. The number of carbonyl (C=O) groups is 2. The molecule has 0 saturated carbocycles. The van der Waals surface area contributed by atoms with Crippen molar-refractivity contribution in [2.24, 2.45) is 5.41 Å². The van der Waals surface area contributed by atoms with Crippen molar-refractivity contribution in [2.45, 2.75) is 26.4 Å². The number of ether oxygens (including phenoxy) is 3. The third-order valence-corrected chi connectivity index (χ3v) is 4.90. The number of carbonyl (C=O) groups excluding carboxylic acids is 2. The maximum Gasteiger partial charge on any atom is 0.412 e. The summed E-state index contributed by atoms with van der Waals surface area (Å²) in [6.07, 6.45) is -0.890. The lowest BCUT2D eigenvalue weighted by Gasteiger charge is -2.34. The van der Waals surface area contributed by atoms with Gasteiger partial charge in [0, 0.05) is 16.7 Å². The molecule has 0 aliphatic carbocycles. The molecule has 0 saturated heterocycles. The number of thiol groups is 1. The summed E-state index contributed by atoms with van der Waals surface area (Å²) in [5, 5.41) is 11.9. The van der Waals surface area contributed by atoms with Crippen molar-refractivity contribution < 1.29 is 28.9 Å². The summed E-state index contributed by atoms with van der Waals surface area (Å²) in [4.78, 5) is 24.1. The third-order valence-electron chi connectivity index (χ3n) is 4.64. The third kappa shape index (κ3) is 7.80. The van der Waals surface area contributed by atoms with Gasteiger partial charge in [0.2, 0.25) is 0 Å². The summed E-state index contributed by atoms with van der Waals surface area (Å²) < 4.78 is 16.7. The van der Waals surface area contributed by atoms with E-state index in [9.17, 15) is 9.59 Å². The SMILES string of the molecule is CC(C)(CCOC(=O)CS)[C@@H](OC(=O)Nc1ccccc1)c1ccccc1OCCO. The Balaban J connectivity index is 2.26. The first-order valence-electron chi connectivity index (χ1n) is 9.99. The second-order valence-corrected chi connectivity index (χ2v) is 7.82. The van der Waals surface area contributed by atoms with Crippen LogP contribution in [0.1, 0.15) is 31.9 Å². The number of benzene rings is 2. The van der Waals surface area contributed by atoms with Crippen LogP contribution in [0.15, 0.2) is 54.6 Å². The first-order valence-corrected chi connectivity index (χ1v) is 10.6. The second kappa shape index (κ2) is 12.2. The number of aliphatic hydroxyl groups is 1. The van der Waals surface area contributed by atoms with Crippen LogP contribution >= 0.6 is 12.6 Å². The van der Waals surface area contributed by atoms with Crippen molar-refractivity contribution in [2.75, 3.05) is 30.9 Å². The van der Waals surface area contributed by atoms with Gasteiger partial charge in [-0.1, -0.05) is 50.2 Å². The quantitative estimate of drug-likeness (QED) is 0.352. The van der Waals surface area contributed by atoms with E-state index in [-0.39, 0.29) is 25.6 Å². The summed E-state index contributed by atoms with van der Waals surface area (Å²) in [6, 6.07) is 16.2. The molecule has 2 rings (SSSR count). The van der Waals surface area contributed by atoms with Crippen LogP contribution < -0.4 is 10.1 Å².